The highest BCUT2D eigenvalue weighted by molar-refractivity contribution is 5.56. The minimum atomic E-state index is 0.211. The van der Waals surface area contributed by atoms with Crippen molar-refractivity contribution in [3.05, 3.63) is 60.4 Å². The van der Waals surface area contributed by atoms with E-state index in [1.165, 1.54) is 5.69 Å². The number of piperazine rings is 1. The molecule has 1 fully saturated rings. The zero-order valence-corrected chi connectivity index (χ0v) is 16.5. The molecular weight excluding hydrogens is 366 g/mol. The Balaban J connectivity index is 1.39. The average molecular weight is 391 g/mol. The Morgan fingerprint density at radius 2 is 1.76 bits per heavy atom. The van der Waals surface area contributed by atoms with Gasteiger partial charge in [0.15, 0.2) is 0 Å². The van der Waals surface area contributed by atoms with E-state index < -0.39 is 0 Å². The maximum absolute atomic E-state index is 5.92. The fourth-order valence-electron chi connectivity index (χ4n) is 3.40. The molecule has 0 aliphatic carbocycles. The van der Waals surface area contributed by atoms with Gasteiger partial charge in [0, 0.05) is 43.6 Å². The number of aromatic nitrogens is 3. The smallest absolute Gasteiger partial charge is 0.232 e. The lowest BCUT2D eigenvalue weighted by Gasteiger charge is -2.35. The number of anilines is 4. The number of methoxy groups -OCH3 is 1. The summed E-state index contributed by atoms with van der Waals surface area (Å²) in [4.78, 5) is 17.8. The molecule has 0 amide bonds. The van der Waals surface area contributed by atoms with Gasteiger partial charge in [0.1, 0.15) is 11.6 Å². The molecule has 8 nitrogen and oxygen atoms in total. The van der Waals surface area contributed by atoms with Crippen molar-refractivity contribution in [2.24, 2.45) is 0 Å². The minimum absolute atomic E-state index is 0.211. The van der Waals surface area contributed by atoms with E-state index >= 15 is 0 Å². The Labute approximate surface area is 170 Å². The largest absolute Gasteiger partial charge is 0.497 e. The fraction of sp³-hybridized carbons (Fsp3) is 0.286. The molecule has 1 aliphatic heterocycles. The molecule has 3 aromatic rings. The van der Waals surface area contributed by atoms with Gasteiger partial charge >= 0.3 is 0 Å². The minimum Gasteiger partial charge on any atom is -0.497 e. The van der Waals surface area contributed by atoms with Gasteiger partial charge in [-0.15, -0.1) is 0 Å². The first-order valence-corrected chi connectivity index (χ1v) is 9.63. The van der Waals surface area contributed by atoms with Gasteiger partial charge in [-0.3, -0.25) is 4.90 Å². The molecule has 4 rings (SSSR count). The Kier molecular flexibility index (Phi) is 5.71. The first-order valence-electron chi connectivity index (χ1n) is 9.63. The molecule has 0 bridgehead atoms. The zero-order valence-electron chi connectivity index (χ0n) is 16.5. The summed E-state index contributed by atoms with van der Waals surface area (Å²) in [6, 6.07) is 18.1. The lowest BCUT2D eigenvalue weighted by atomic mass is 10.2. The lowest BCUT2D eigenvalue weighted by molar-refractivity contribution is 0.244. The van der Waals surface area contributed by atoms with E-state index in [0.29, 0.717) is 18.3 Å². The van der Waals surface area contributed by atoms with E-state index in [2.05, 4.69) is 54.3 Å². The second-order valence-corrected chi connectivity index (χ2v) is 6.89. The van der Waals surface area contributed by atoms with Gasteiger partial charge in [0.2, 0.25) is 11.9 Å². The van der Waals surface area contributed by atoms with Gasteiger partial charge < -0.3 is 20.7 Å². The summed E-state index contributed by atoms with van der Waals surface area (Å²) in [7, 11) is 1.63. The van der Waals surface area contributed by atoms with Crippen LogP contribution in [0, 0.1) is 0 Å². The van der Waals surface area contributed by atoms with Crippen LogP contribution in [0.2, 0.25) is 0 Å². The molecule has 2 heterocycles. The number of nitrogens with one attached hydrogen (secondary N) is 1. The molecule has 0 unspecified atom stereocenters. The molecule has 1 aromatic heterocycles. The first-order chi connectivity index (χ1) is 14.2. The first kappa shape index (κ1) is 18.9. The quantitative estimate of drug-likeness (QED) is 0.662. The van der Waals surface area contributed by atoms with Crippen LogP contribution in [0.25, 0.3) is 0 Å². The number of benzene rings is 2. The number of hydrogen-bond donors (Lipinski definition) is 2. The summed E-state index contributed by atoms with van der Waals surface area (Å²) < 4.78 is 5.25. The van der Waals surface area contributed by atoms with Crippen LogP contribution in [0.1, 0.15) is 5.82 Å². The monoisotopic (exact) mass is 391 g/mol. The van der Waals surface area contributed by atoms with Crippen LogP contribution in [0.5, 0.6) is 5.75 Å². The van der Waals surface area contributed by atoms with Crippen LogP contribution in [-0.2, 0) is 6.54 Å². The van der Waals surface area contributed by atoms with Crippen LogP contribution in [0.4, 0.5) is 23.3 Å². The molecule has 29 heavy (non-hydrogen) atoms. The van der Waals surface area contributed by atoms with Crippen LogP contribution in [0.3, 0.4) is 0 Å². The molecule has 0 radical (unpaired) electrons. The number of nitrogens with zero attached hydrogens (tertiary/aromatic N) is 5. The highest BCUT2D eigenvalue weighted by Crippen LogP contribution is 2.20. The van der Waals surface area contributed by atoms with Crippen LogP contribution < -0.4 is 20.7 Å². The van der Waals surface area contributed by atoms with Gasteiger partial charge in [0.25, 0.3) is 0 Å². The molecule has 150 valence electrons. The van der Waals surface area contributed by atoms with Crippen molar-refractivity contribution >= 4 is 23.3 Å². The maximum atomic E-state index is 5.92. The van der Waals surface area contributed by atoms with Crippen LogP contribution in [0.15, 0.2) is 54.6 Å². The van der Waals surface area contributed by atoms with Crippen molar-refractivity contribution in [1.82, 2.24) is 19.9 Å². The number of para-hydroxylation sites is 1. The Morgan fingerprint density at radius 3 is 2.52 bits per heavy atom. The van der Waals surface area contributed by atoms with Gasteiger partial charge in [-0.25, -0.2) is 0 Å². The number of nitrogen functional groups attached to an aromatic ring is 1. The summed E-state index contributed by atoms with van der Waals surface area (Å²) in [5.41, 5.74) is 8.01. The number of nitrogens with two attached hydrogens (primary N) is 1. The molecule has 0 spiro atoms. The zero-order chi connectivity index (χ0) is 20.1. The molecule has 1 saturated heterocycles. The molecule has 2 aromatic carbocycles. The van der Waals surface area contributed by atoms with Crippen molar-refractivity contribution < 1.29 is 4.74 Å². The Bertz CT molecular complexity index is 943. The van der Waals surface area contributed by atoms with Crippen LogP contribution >= 0.6 is 0 Å². The third-order valence-corrected chi connectivity index (χ3v) is 4.88. The molecular formula is C21H25N7O. The van der Waals surface area contributed by atoms with E-state index in [0.717, 1.165) is 37.6 Å². The summed E-state index contributed by atoms with van der Waals surface area (Å²) in [5, 5.41) is 3.18. The van der Waals surface area contributed by atoms with E-state index in [9.17, 15) is 0 Å². The van der Waals surface area contributed by atoms with Crippen molar-refractivity contribution in [3.8, 4) is 5.75 Å². The second kappa shape index (κ2) is 8.74. The normalized spacial score (nSPS) is 14.6. The highest BCUT2D eigenvalue weighted by atomic mass is 16.5. The van der Waals surface area contributed by atoms with Crippen molar-refractivity contribution in [2.75, 3.05) is 49.2 Å². The average Bonchev–Trinajstić information content (AvgIpc) is 2.75. The standard InChI is InChI=1S/C21H25N7O/c1-29-18-9-5-6-16(14-18)23-21-25-19(24-20(22)26-21)15-27-10-12-28(13-11-27)17-7-3-2-4-8-17/h2-9,14H,10-13,15H2,1H3,(H3,22,23,24,25,26). The molecule has 3 N–H and O–H groups in total. The second-order valence-electron chi connectivity index (χ2n) is 6.89. The third kappa shape index (κ3) is 4.91. The number of hydrogen-bond acceptors (Lipinski definition) is 8. The number of ether oxygens (including phenoxy) is 1. The Morgan fingerprint density at radius 1 is 0.966 bits per heavy atom. The predicted octanol–water partition coefficient (Wildman–Crippen LogP) is 2.53. The van der Waals surface area contributed by atoms with Gasteiger partial charge in [-0.1, -0.05) is 24.3 Å². The topological polar surface area (TPSA) is 92.4 Å². The van der Waals surface area contributed by atoms with Gasteiger partial charge in [-0.05, 0) is 24.3 Å². The van der Waals surface area contributed by atoms with E-state index in [1.807, 2.05) is 30.3 Å². The van der Waals surface area contributed by atoms with Crippen molar-refractivity contribution in [3.63, 3.8) is 0 Å². The van der Waals surface area contributed by atoms with Gasteiger partial charge in [0.05, 0.1) is 13.7 Å². The molecule has 1 aliphatic rings. The lowest BCUT2D eigenvalue weighted by Crippen LogP contribution is -2.46. The summed E-state index contributed by atoms with van der Waals surface area (Å²) in [6.45, 7) is 4.47. The van der Waals surface area contributed by atoms with E-state index in [1.54, 1.807) is 7.11 Å². The van der Waals surface area contributed by atoms with Gasteiger partial charge in [-0.2, -0.15) is 15.0 Å². The molecule has 0 atom stereocenters. The van der Waals surface area contributed by atoms with Crippen molar-refractivity contribution in [1.29, 1.82) is 0 Å². The number of rotatable bonds is 6. The summed E-state index contributed by atoms with van der Waals surface area (Å²) in [5.74, 6) is 2.07. The summed E-state index contributed by atoms with van der Waals surface area (Å²) >= 11 is 0. The summed E-state index contributed by atoms with van der Waals surface area (Å²) in [6.07, 6.45) is 0. The third-order valence-electron chi connectivity index (χ3n) is 4.88. The van der Waals surface area contributed by atoms with Crippen LogP contribution in [-0.4, -0.2) is 53.1 Å². The predicted molar refractivity (Wildman–Crippen MR) is 114 cm³/mol. The molecule has 8 heteroatoms. The SMILES string of the molecule is COc1cccc(Nc2nc(N)nc(CN3CCN(c4ccccc4)CC3)n2)c1. The molecule has 0 saturated carbocycles. The maximum Gasteiger partial charge on any atom is 0.232 e. The fourth-order valence-corrected chi connectivity index (χ4v) is 3.40. The highest BCUT2D eigenvalue weighted by Gasteiger charge is 2.18. The van der Waals surface area contributed by atoms with E-state index in [4.69, 9.17) is 10.5 Å². The Hall–Kier alpha value is -3.39. The van der Waals surface area contributed by atoms with Crippen molar-refractivity contribution in [2.45, 2.75) is 6.54 Å². The van der Waals surface area contributed by atoms with E-state index in [-0.39, 0.29) is 5.95 Å².